The molecule has 3 aromatic heterocycles. The maximum atomic E-state index is 11.3. The maximum absolute atomic E-state index is 11.3. The molecule has 2 amide bonds. The Morgan fingerprint density at radius 2 is 2.12 bits per heavy atom. The Morgan fingerprint density at radius 3 is 2.81 bits per heavy atom. The van der Waals surface area contributed by atoms with E-state index in [1.807, 2.05) is 29.5 Å². The third kappa shape index (κ3) is 4.24. The number of nitrogens with two attached hydrogens (primary N) is 1. The third-order valence-electron chi connectivity index (χ3n) is 5.58. The van der Waals surface area contributed by atoms with Gasteiger partial charge >= 0.3 is 6.03 Å². The van der Waals surface area contributed by atoms with Crippen molar-refractivity contribution < 1.29 is 23.7 Å². The highest BCUT2D eigenvalue weighted by molar-refractivity contribution is 5.89. The number of amides is 2. The number of aromatic nitrogens is 3. The van der Waals surface area contributed by atoms with Crippen molar-refractivity contribution in [3.8, 4) is 17.0 Å². The molecule has 32 heavy (non-hydrogen) atoms. The zero-order chi connectivity index (χ0) is 22.7. The van der Waals surface area contributed by atoms with Crippen molar-refractivity contribution in [3.05, 3.63) is 42.0 Å². The fourth-order valence-electron chi connectivity index (χ4n) is 3.88. The molecule has 1 atom stereocenters. The number of pyridine rings is 1. The Balaban J connectivity index is 1.84. The minimum absolute atomic E-state index is 0.356. The summed E-state index contributed by atoms with van der Waals surface area (Å²) in [6.07, 6.45) is 2.34. The molecule has 1 aliphatic rings. The fourth-order valence-corrected chi connectivity index (χ4v) is 3.88. The number of hydrogen-bond donors (Lipinski definition) is 2. The number of nitrogens with one attached hydrogen (secondary N) is 1. The molecule has 1 aliphatic heterocycles. The molecule has 10 heteroatoms. The second-order valence-electron chi connectivity index (χ2n) is 7.63. The summed E-state index contributed by atoms with van der Waals surface area (Å²) in [6.45, 7) is 3.86. The largest absolute Gasteiger partial charge is 0.491 e. The number of aryl methyl sites for hydroxylation is 1. The summed E-state index contributed by atoms with van der Waals surface area (Å²) in [5, 5.41) is 2.52. The Bertz CT molecular complexity index is 1120. The number of ether oxygens (including phenoxy) is 4. The van der Waals surface area contributed by atoms with Gasteiger partial charge < -0.3 is 29.1 Å². The number of anilines is 1. The van der Waals surface area contributed by atoms with Crippen LogP contribution in [0.25, 0.3) is 16.8 Å². The van der Waals surface area contributed by atoms with E-state index in [-0.39, 0.29) is 0 Å². The number of fused-ring (bicyclic) bond motifs is 1. The van der Waals surface area contributed by atoms with Crippen LogP contribution in [0.15, 0.2) is 30.6 Å². The summed E-state index contributed by atoms with van der Waals surface area (Å²) >= 11 is 0. The summed E-state index contributed by atoms with van der Waals surface area (Å²) in [4.78, 5) is 20.5. The van der Waals surface area contributed by atoms with E-state index in [4.69, 9.17) is 29.7 Å². The van der Waals surface area contributed by atoms with Gasteiger partial charge in [0.15, 0.2) is 0 Å². The lowest BCUT2D eigenvalue weighted by atomic mass is 9.97. The average molecular weight is 441 g/mol. The SMILES string of the molecule is COCCOc1cc(-c2cc(C)n3cnc(NC(N)=O)cc23)nc([C@]2(OC)CCOC2)c1. The van der Waals surface area contributed by atoms with Crippen molar-refractivity contribution >= 4 is 17.4 Å². The van der Waals surface area contributed by atoms with Gasteiger partial charge in [-0.15, -0.1) is 0 Å². The van der Waals surface area contributed by atoms with Gasteiger partial charge in [-0.2, -0.15) is 0 Å². The molecular formula is C22H27N5O5. The number of nitrogens with zero attached hydrogens (tertiary/aromatic N) is 3. The number of hydrogen-bond acceptors (Lipinski definition) is 7. The molecule has 4 heterocycles. The molecule has 3 N–H and O–H groups in total. The van der Waals surface area contributed by atoms with Crippen LogP contribution in [-0.4, -0.2) is 61.0 Å². The number of carbonyl (C=O) groups is 1. The lowest BCUT2D eigenvalue weighted by molar-refractivity contribution is -0.0247. The standard InChI is InChI=1S/C22H27N5O5/c1-14-8-16(18-11-20(26-21(23)28)24-13-27(14)18)17-9-15(32-7-6-29-2)10-19(25-17)22(30-3)4-5-31-12-22/h8-11,13H,4-7,12H2,1-3H3,(H3,23,26,28)/t22-/m0/s1. The van der Waals surface area contributed by atoms with Gasteiger partial charge in [0, 0.05) is 56.7 Å². The minimum atomic E-state index is -0.677. The van der Waals surface area contributed by atoms with E-state index in [1.54, 1.807) is 26.6 Å². The number of rotatable bonds is 8. The van der Waals surface area contributed by atoms with Crippen LogP contribution >= 0.6 is 0 Å². The van der Waals surface area contributed by atoms with E-state index < -0.39 is 11.6 Å². The first-order chi connectivity index (χ1) is 15.5. The first kappa shape index (κ1) is 22.0. The Hall–Kier alpha value is -3.21. The molecule has 0 spiro atoms. The third-order valence-corrected chi connectivity index (χ3v) is 5.58. The molecule has 1 fully saturated rings. The molecule has 0 radical (unpaired) electrons. The summed E-state index contributed by atoms with van der Waals surface area (Å²) in [5.41, 5.74) is 8.72. The van der Waals surface area contributed by atoms with Crippen LogP contribution in [0.4, 0.5) is 10.6 Å². The van der Waals surface area contributed by atoms with E-state index >= 15 is 0 Å². The highest BCUT2D eigenvalue weighted by Gasteiger charge is 2.39. The van der Waals surface area contributed by atoms with Crippen LogP contribution in [0, 0.1) is 6.92 Å². The lowest BCUT2D eigenvalue weighted by Gasteiger charge is -2.26. The van der Waals surface area contributed by atoms with Crippen LogP contribution in [0.3, 0.4) is 0 Å². The summed E-state index contributed by atoms with van der Waals surface area (Å²) in [7, 11) is 3.30. The van der Waals surface area contributed by atoms with Gasteiger partial charge in [-0.1, -0.05) is 0 Å². The zero-order valence-electron chi connectivity index (χ0n) is 18.4. The lowest BCUT2D eigenvalue weighted by Crippen LogP contribution is -2.30. The van der Waals surface area contributed by atoms with Crippen molar-refractivity contribution in [1.82, 2.24) is 14.4 Å². The molecule has 10 nitrogen and oxygen atoms in total. The molecule has 0 aliphatic carbocycles. The van der Waals surface area contributed by atoms with Crippen molar-refractivity contribution in [2.24, 2.45) is 5.73 Å². The normalized spacial score (nSPS) is 18.2. The second kappa shape index (κ2) is 9.11. The summed E-state index contributed by atoms with van der Waals surface area (Å²) < 4.78 is 24.5. The van der Waals surface area contributed by atoms with Gasteiger partial charge in [-0.3, -0.25) is 5.32 Å². The minimum Gasteiger partial charge on any atom is -0.491 e. The van der Waals surface area contributed by atoms with Crippen LogP contribution in [-0.2, 0) is 19.8 Å². The molecule has 0 unspecified atom stereocenters. The predicted octanol–water partition coefficient (Wildman–Crippen LogP) is 2.48. The number of carbonyl (C=O) groups excluding carboxylic acids is 1. The average Bonchev–Trinajstić information content (AvgIpc) is 3.39. The first-order valence-corrected chi connectivity index (χ1v) is 10.3. The van der Waals surface area contributed by atoms with Crippen LogP contribution in [0.5, 0.6) is 5.75 Å². The van der Waals surface area contributed by atoms with Gasteiger partial charge in [-0.05, 0) is 13.0 Å². The molecular weight excluding hydrogens is 414 g/mol. The quantitative estimate of drug-likeness (QED) is 0.515. The highest BCUT2D eigenvalue weighted by Crippen LogP contribution is 2.37. The van der Waals surface area contributed by atoms with Gasteiger partial charge in [-0.25, -0.2) is 14.8 Å². The van der Waals surface area contributed by atoms with Crippen molar-refractivity contribution in [3.63, 3.8) is 0 Å². The van der Waals surface area contributed by atoms with E-state index in [0.717, 1.165) is 22.5 Å². The van der Waals surface area contributed by atoms with E-state index in [1.165, 1.54) is 0 Å². The first-order valence-electron chi connectivity index (χ1n) is 10.3. The highest BCUT2D eigenvalue weighted by atomic mass is 16.6. The van der Waals surface area contributed by atoms with Gasteiger partial charge in [0.1, 0.15) is 30.1 Å². The number of primary amides is 1. The van der Waals surface area contributed by atoms with Gasteiger partial charge in [0.25, 0.3) is 0 Å². The summed E-state index contributed by atoms with van der Waals surface area (Å²) in [6, 6.07) is 6.88. The predicted molar refractivity (Wildman–Crippen MR) is 118 cm³/mol. The maximum Gasteiger partial charge on any atom is 0.317 e. The number of urea groups is 1. The molecule has 4 rings (SSSR count). The Labute approximate surface area is 185 Å². The molecule has 0 aromatic carbocycles. The molecule has 0 bridgehead atoms. The van der Waals surface area contributed by atoms with E-state index in [2.05, 4.69) is 10.3 Å². The van der Waals surface area contributed by atoms with Gasteiger partial charge in [0.2, 0.25) is 0 Å². The Kier molecular flexibility index (Phi) is 6.26. The van der Waals surface area contributed by atoms with Crippen molar-refractivity contribution in [1.29, 1.82) is 0 Å². The zero-order valence-corrected chi connectivity index (χ0v) is 18.4. The van der Waals surface area contributed by atoms with Gasteiger partial charge in [0.05, 0.1) is 30.1 Å². The smallest absolute Gasteiger partial charge is 0.317 e. The summed E-state index contributed by atoms with van der Waals surface area (Å²) in [5.74, 6) is 1.02. The molecule has 3 aromatic rings. The Morgan fingerprint density at radius 1 is 1.28 bits per heavy atom. The molecule has 1 saturated heterocycles. The van der Waals surface area contributed by atoms with E-state index in [0.29, 0.717) is 50.1 Å². The molecule has 170 valence electrons. The van der Waals surface area contributed by atoms with Crippen LogP contribution in [0.1, 0.15) is 17.8 Å². The topological polar surface area (TPSA) is 122 Å². The van der Waals surface area contributed by atoms with Crippen LogP contribution < -0.4 is 15.8 Å². The monoisotopic (exact) mass is 441 g/mol. The second-order valence-corrected chi connectivity index (χ2v) is 7.63. The van der Waals surface area contributed by atoms with Crippen molar-refractivity contribution in [2.45, 2.75) is 18.9 Å². The number of methoxy groups -OCH3 is 2. The van der Waals surface area contributed by atoms with E-state index in [9.17, 15) is 4.79 Å². The van der Waals surface area contributed by atoms with Crippen molar-refractivity contribution in [2.75, 3.05) is 46.0 Å². The van der Waals surface area contributed by atoms with Crippen LogP contribution in [0.2, 0.25) is 0 Å². The molecule has 0 saturated carbocycles. The fraction of sp³-hybridized carbons (Fsp3) is 0.409.